The fourth-order valence-corrected chi connectivity index (χ4v) is 2.63. The van der Waals surface area contributed by atoms with Crippen LogP contribution in [0.1, 0.15) is 26.7 Å². The molecule has 0 radical (unpaired) electrons. The zero-order valence-electron chi connectivity index (χ0n) is 11.4. The van der Waals surface area contributed by atoms with Gasteiger partial charge in [0.1, 0.15) is 11.1 Å². The van der Waals surface area contributed by atoms with Crippen molar-refractivity contribution in [3.8, 4) is 6.07 Å². The second-order valence-electron chi connectivity index (χ2n) is 4.47. The van der Waals surface area contributed by atoms with E-state index < -0.39 is 11.7 Å². The molecule has 1 heterocycles. The summed E-state index contributed by atoms with van der Waals surface area (Å²) in [6.07, 6.45) is -4.45. The first kappa shape index (κ1) is 15.3. The lowest BCUT2D eigenvalue weighted by molar-refractivity contribution is -0.137. The van der Waals surface area contributed by atoms with E-state index >= 15 is 0 Å². The number of halogens is 3. The third-order valence-corrected chi connectivity index (χ3v) is 4.04. The van der Waals surface area contributed by atoms with Crippen LogP contribution in [0.4, 0.5) is 18.9 Å². The number of aryl methyl sites for hydroxylation is 2. The maximum atomic E-state index is 12.6. The Kier molecular flexibility index (Phi) is 4.19. The summed E-state index contributed by atoms with van der Waals surface area (Å²) in [5.74, 6) is 0. The van der Waals surface area contributed by atoms with Gasteiger partial charge in [0, 0.05) is 4.88 Å². The second kappa shape index (κ2) is 5.74. The molecule has 3 nitrogen and oxygen atoms in total. The Morgan fingerprint density at radius 2 is 2.05 bits per heavy atom. The Bertz CT molecular complexity index is 679. The lowest BCUT2D eigenvalue weighted by Gasteiger charge is -2.10. The third-order valence-electron chi connectivity index (χ3n) is 2.97. The van der Waals surface area contributed by atoms with E-state index in [2.05, 4.69) is 10.3 Å². The van der Waals surface area contributed by atoms with Crippen molar-refractivity contribution in [2.75, 3.05) is 5.32 Å². The molecule has 0 atom stereocenters. The Morgan fingerprint density at radius 3 is 2.57 bits per heavy atom. The molecule has 1 aromatic heterocycles. The first-order valence-corrected chi connectivity index (χ1v) is 6.91. The van der Waals surface area contributed by atoms with Crippen LogP contribution < -0.4 is 5.32 Å². The van der Waals surface area contributed by atoms with Crippen molar-refractivity contribution in [3.63, 3.8) is 0 Å². The minimum atomic E-state index is -4.45. The summed E-state index contributed by atoms with van der Waals surface area (Å²) in [5.41, 5.74) is 0.445. The SMILES string of the molecule is Cc1nc(CNc2ccc(C(F)(F)F)cc2C#N)sc1C. The predicted octanol–water partition coefficient (Wildman–Crippen LogP) is 4.26. The van der Waals surface area contributed by atoms with Gasteiger partial charge in [0.05, 0.1) is 29.1 Å². The minimum Gasteiger partial charge on any atom is -0.377 e. The number of aromatic nitrogens is 1. The highest BCUT2D eigenvalue weighted by molar-refractivity contribution is 7.11. The Balaban J connectivity index is 2.19. The summed E-state index contributed by atoms with van der Waals surface area (Å²) >= 11 is 1.52. The Labute approximate surface area is 124 Å². The normalized spacial score (nSPS) is 11.2. The first-order valence-electron chi connectivity index (χ1n) is 6.09. The molecule has 0 aliphatic heterocycles. The number of thiazole rings is 1. The lowest BCUT2D eigenvalue weighted by Crippen LogP contribution is -2.07. The molecule has 7 heteroatoms. The predicted molar refractivity (Wildman–Crippen MR) is 75.1 cm³/mol. The van der Waals surface area contributed by atoms with Crippen molar-refractivity contribution in [3.05, 3.63) is 44.9 Å². The summed E-state index contributed by atoms with van der Waals surface area (Å²) in [5, 5.41) is 12.8. The van der Waals surface area contributed by atoms with Crippen LogP contribution in [0.2, 0.25) is 0 Å². The van der Waals surface area contributed by atoms with Crippen molar-refractivity contribution in [2.45, 2.75) is 26.6 Å². The van der Waals surface area contributed by atoms with Gasteiger partial charge in [-0.05, 0) is 32.0 Å². The monoisotopic (exact) mass is 311 g/mol. The first-order chi connectivity index (χ1) is 9.81. The van der Waals surface area contributed by atoms with Crippen molar-refractivity contribution < 1.29 is 13.2 Å². The van der Waals surface area contributed by atoms with Gasteiger partial charge in [-0.2, -0.15) is 18.4 Å². The second-order valence-corrected chi connectivity index (χ2v) is 5.76. The van der Waals surface area contributed by atoms with E-state index in [0.717, 1.165) is 27.7 Å². The van der Waals surface area contributed by atoms with Crippen LogP contribution in [0.15, 0.2) is 18.2 Å². The smallest absolute Gasteiger partial charge is 0.377 e. The van der Waals surface area contributed by atoms with Crippen molar-refractivity contribution >= 4 is 17.0 Å². The van der Waals surface area contributed by atoms with Gasteiger partial charge in [0.15, 0.2) is 0 Å². The molecular weight excluding hydrogens is 299 g/mol. The Hall–Kier alpha value is -2.07. The van der Waals surface area contributed by atoms with Crippen LogP contribution in [0, 0.1) is 25.2 Å². The maximum absolute atomic E-state index is 12.6. The highest BCUT2D eigenvalue weighted by atomic mass is 32.1. The molecule has 0 amide bonds. The number of nitriles is 1. The van der Waals surface area contributed by atoms with Crippen LogP contribution in [0.5, 0.6) is 0 Å². The van der Waals surface area contributed by atoms with Gasteiger partial charge in [-0.3, -0.25) is 0 Å². The summed E-state index contributed by atoms with van der Waals surface area (Å²) in [7, 11) is 0. The average molecular weight is 311 g/mol. The van der Waals surface area contributed by atoms with Gasteiger partial charge in [0.2, 0.25) is 0 Å². The molecule has 0 saturated carbocycles. The van der Waals surface area contributed by atoms with Gasteiger partial charge < -0.3 is 5.32 Å². The van der Waals surface area contributed by atoms with Crippen molar-refractivity contribution in [1.29, 1.82) is 5.26 Å². The van der Waals surface area contributed by atoms with Crippen molar-refractivity contribution in [1.82, 2.24) is 4.98 Å². The molecule has 1 N–H and O–H groups in total. The van der Waals surface area contributed by atoms with E-state index in [-0.39, 0.29) is 5.56 Å². The number of anilines is 1. The van der Waals surface area contributed by atoms with E-state index in [9.17, 15) is 13.2 Å². The number of nitrogens with zero attached hydrogens (tertiary/aromatic N) is 2. The molecule has 0 bridgehead atoms. The lowest BCUT2D eigenvalue weighted by atomic mass is 10.1. The van der Waals surface area contributed by atoms with E-state index in [1.165, 1.54) is 17.4 Å². The van der Waals surface area contributed by atoms with Crippen LogP contribution in [0.25, 0.3) is 0 Å². The van der Waals surface area contributed by atoms with Gasteiger partial charge in [0.25, 0.3) is 0 Å². The van der Waals surface area contributed by atoms with E-state index in [0.29, 0.717) is 12.2 Å². The molecule has 21 heavy (non-hydrogen) atoms. The average Bonchev–Trinajstić information content (AvgIpc) is 2.74. The number of rotatable bonds is 3. The zero-order valence-corrected chi connectivity index (χ0v) is 12.2. The van der Waals surface area contributed by atoms with Crippen LogP contribution >= 0.6 is 11.3 Å². The van der Waals surface area contributed by atoms with Gasteiger partial charge >= 0.3 is 6.18 Å². The molecule has 0 spiro atoms. The molecule has 2 rings (SSSR count). The summed E-state index contributed by atoms with van der Waals surface area (Å²) in [6.45, 7) is 4.23. The minimum absolute atomic E-state index is 0.0326. The summed E-state index contributed by atoms with van der Waals surface area (Å²) in [6, 6.07) is 4.86. The van der Waals surface area contributed by atoms with Crippen LogP contribution in [-0.4, -0.2) is 4.98 Å². The quantitative estimate of drug-likeness (QED) is 0.921. The zero-order chi connectivity index (χ0) is 15.6. The number of nitrogens with one attached hydrogen (secondary N) is 1. The topological polar surface area (TPSA) is 48.7 Å². The maximum Gasteiger partial charge on any atom is 0.416 e. The molecule has 0 unspecified atom stereocenters. The van der Waals surface area contributed by atoms with Crippen molar-refractivity contribution in [2.24, 2.45) is 0 Å². The summed E-state index contributed by atoms with van der Waals surface area (Å²) < 4.78 is 37.8. The van der Waals surface area contributed by atoms with E-state index in [1.807, 2.05) is 13.8 Å². The largest absolute Gasteiger partial charge is 0.416 e. The molecule has 0 fully saturated rings. The molecule has 0 aliphatic carbocycles. The molecule has 1 aromatic carbocycles. The number of benzene rings is 1. The van der Waals surface area contributed by atoms with Gasteiger partial charge in [-0.15, -0.1) is 11.3 Å². The van der Waals surface area contributed by atoms with Gasteiger partial charge in [-0.25, -0.2) is 4.98 Å². The molecule has 0 saturated heterocycles. The fourth-order valence-electron chi connectivity index (χ4n) is 1.75. The fraction of sp³-hybridized carbons (Fsp3) is 0.286. The third kappa shape index (κ3) is 3.52. The molecular formula is C14H12F3N3S. The molecule has 110 valence electrons. The Morgan fingerprint density at radius 1 is 1.33 bits per heavy atom. The van der Waals surface area contributed by atoms with Crippen LogP contribution in [0.3, 0.4) is 0 Å². The summed E-state index contributed by atoms with van der Waals surface area (Å²) in [4.78, 5) is 5.43. The highest BCUT2D eigenvalue weighted by Crippen LogP contribution is 2.31. The van der Waals surface area contributed by atoms with E-state index in [4.69, 9.17) is 5.26 Å². The molecule has 2 aromatic rings. The molecule has 0 aliphatic rings. The highest BCUT2D eigenvalue weighted by Gasteiger charge is 2.31. The number of alkyl halides is 3. The van der Waals surface area contributed by atoms with Gasteiger partial charge in [-0.1, -0.05) is 0 Å². The van der Waals surface area contributed by atoms with E-state index in [1.54, 1.807) is 6.07 Å². The standard InChI is InChI=1S/C14H12F3N3S/c1-8-9(2)21-13(20-8)7-19-12-4-3-11(14(15,16)17)5-10(12)6-18/h3-5,19H,7H2,1-2H3. The van der Waals surface area contributed by atoms with Crippen LogP contribution in [-0.2, 0) is 12.7 Å². The number of hydrogen-bond donors (Lipinski definition) is 1. The number of hydrogen-bond acceptors (Lipinski definition) is 4.